The molecular weight excluding hydrogens is 226 g/mol. The third kappa shape index (κ3) is 5.87. The molecule has 1 N–H and O–H groups in total. The fraction of sp³-hybridized carbons (Fsp3) is 0.643. The predicted octanol–water partition coefficient (Wildman–Crippen LogP) is 2.61. The van der Waals surface area contributed by atoms with Crippen molar-refractivity contribution in [3.8, 4) is 5.75 Å². The lowest BCUT2D eigenvalue weighted by Gasteiger charge is -2.21. The lowest BCUT2D eigenvalue weighted by atomic mass is 10.1. The molecule has 0 saturated carbocycles. The molecule has 0 aliphatic rings. The van der Waals surface area contributed by atoms with E-state index < -0.39 is 0 Å². The zero-order valence-electron chi connectivity index (χ0n) is 12.2. The summed E-state index contributed by atoms with van der Waals surface area (Å²) in [6.45, 7) is 16.0. The van der Waals surface area contributed by atoms with Crippen molar-refractivity contribution in [1.82, 2.24) is 15.1 Å². The lowest BCUT2D eigenvalue weighted by Crippen LogP contribution is -2.37. The molecule has 18 heavy (non-hydrogen) atoms. The van der Waals surface area contributed by atoms with Crippen molar-refractivity contribution in [3.63, 3.8) is 0 Å². The van der Waals surface area contributed by atoms with E-state index in [9.17, 15) is 0 Å². The second-order valence-corrected chi connectivity index (χ2v) is 5.89. The summed E-state index contributed by atoms with van der Waals surface area (Å²) in [5.74, 6) is 0.807. The molecule has 1 aromatic heterocycles. The first kappa shape index (κ1) is 14.8. The van der Waals surface area contributed by atoms with E-state index in [0.717, 1.165) is 17.9 Å². The third-order valence-electron chi connectivity index (χ3n) is 2.24. The van der Waals surface area contributed by atoms with Crippen LogP contribution < -0.4 is 10.1 Å². The largest absolute Gasteiger partial charge is 0.488 e. The molecule has 1 rings (SSSR count). The molecule has 0 atom stereocenters. The average Bonchev–Trinajstić information content (AvgIpc) is 2.60. The van der Waals surface area contributed by atoms with Crippen molar-refractivity contribution < 1.29 is 4.74 Å². The molecule has 1 heterocycles. The molecular formula is C14H25N3O. The van der Waals surface area contributed by atoms with Crippen molar-refractivity contribution in [2.45, 2.75) is 52.8 Å². The number of aromatic nitrogens is 2. The van der Waals surface area contributed by atoms with Crippen molar-refractivity contribution in [1.29, 1.82) is 0 Å². The van der Waals surface area contributed by atoms with Gasteiger partial charge in [-0.05, 0) is 40.2 Å². The maximum absolute atomic E-state index is 5.56. The van der Waals surface area contributed by atoms with Crippen LogP contribution >= 0.6 is 0 Å². The van der Waals surface area contributed by atoms with Crippen LogP contribution in [-0.4, -0.2) is 28.0 Å². The van der Waals surface area contributed by atoms with E-state index >= 15 is 0 Å². The highest BCUT2D eigenvalue weighted by atomic mass is 16.5. The Morgan fingerprint density at radius 2 is 2.17 bits per heavy atom. The minimum atomic E-state index is 0.110. The van der Waals surface area contributed by atoms with Gasteiger partial charge in [0.05, 0.1) is 25.0 Å². The fourth-order valence-corrected chi connectivity index (χ4v) is 1.44. The Morgan fingerprint density at radius 1 is 1.50 bits per heavy atom. The van der Waals surface area contributed by atoms with Gasteiger partial charge in [-0.2, -0.15) is 5.10 Å². The molecule has 1 aromatic rings. The summed E-state index contributed by atoms with van der Waals surface area (Å²) in [5, 5.41) is 7.67. The van der Waals surface area contributed by atoms with Gasteiger partial charge in [0.2, 0.25) is 0 Å². The van der Waals surface area contributed by atoms with Crippen LogP contribution in [0.5, 0.6) is 5.75 Å². The Labute approximate surface area is 110 Å². The first-order valence-electron chi connectivity index (χ1n) is 6.37. The van der Waals surface area contributed by atoms with E-state index in [4.69, 9.17) is 4.74 Å². The maximum Gasteiger partial charge on any atom is 0.157 e. The molecule has 0 fully saturated rings. The van der Waals surface area contributed by atoms with Gasteiger partial charge in [0.1, 0.15) is 0 Å². The van der Waals surface area contributed by atoms with Crippen molar-refractivity contribution in [2.75, 3.05) is 6.54 Å². The van der Waals surface area contributed by atoms with Crippen molar-refractivity contribution in [2.24, 2.45) is 0 Å². The Bertz CT molecular complexity index is 388. The summed E-state index contributed by atoms with van der Waals surface area (Å²) in [6, 6.07) is 0. The number of rotatable bonds is 6. The molecule has 0 saturated heterocycles. The summed E-state index contributed by atoms with van der Waals surface area (Å²) in [6.07, 6.45) is 3.82. The van der Waals surface area contributed by atoms with Gasteiger partial charge in [-0.1, -0.05) is 6.58 Å². The molecule has 0 spiro atoms. The highest BCUT2D eigenvalue weighted by Gasteiger charge is 2.09. The van der Waals surface area contributed by atoms with Crippen LogP contribution in [0.15, 0.2) is 24.5 Å². The standard InChI is InChI=1S/C14H25N3O/c1-11(2)18-13-8-16-17(10-13)9-12(3)7-15-14(4,5)6/h8,10-11,15H,3,7,9H2,1-2,4-6H3. The first-order chi connectivity index (χ1) is 8.26. The Balaban J connectivity index is 2.42. The van der Waals surface area contributed by atoms with Crippen LogP contribution in [0.25, 0.3) is 0 Å². The molecule has 102 valence electrons. The van der Waals surface area contributed by atoms with E-state index in [1.165, 1.54) is 0 Å². The van der Waals surface area contributed by atoms with E-state index in [1.54, 1.807) is 6.20 Å². The minimum Gasteiger partial charge on any atom is -0.488 e. The number of nitrogens with zero attached hydrogens (tertiary/aromatic N) is 2. The molecule has 4 nitrogen and oxygen atoms in total. The van der Waals surface area contributed by atoms with Crippen LogP contribution in [0, 0.1) is 0 Å². The van der Waals surface area contributed by atoms with Crippen molar-refractivity contribution in [3.05, 3.63) is 24.5 Å². The number of hydrogen-bond acceptors (Lipinski definition) is 3. The van der Waals surface area contributed by atoms with Crippen LogP contribution in [0.2, 0.25) is 0 Å². The monoisotopic (exact) mass is 251 g/mol. The normalized spacial score (nSPS) is 11.9. The number of nitrogens with one attached hydrogen (secondary N) is 1. The van der Waals surface area contributed by atoms with Crippen LogP contribution in [0.3, 0.4) is 0 Å². The summed E-state index contributed by atoms with van der Waals surface area (Å²) >= 11 is 0. The van der Waals surface area contributed by atoms with E-state index in [-0.39, 0.29) is 11.6 Å². The van der Waals surface area contributed by atoms with Gasteiger partial charge in [0.25, 0.3) is 0 Å². The predicted molar refractivity (Wildman–Crippen MR) is 74.9 cm³/mol. The molecule has 0 aliphatic heterocycles. The SMILES string of the molecule is C=C(CNC(C)(C)C)Cn1cc(OC(C)C)cn1. The third-order valence-corrected chi connectivity index (χ3v) is 2.24. The van der Waals surface area contributed by atoms with Gasteiger partial charge >= 0.3 is 0 Å². The Kier molecular flexibility index (Phi) is 4.96. The molecule has 0 radical (unpaired) electrons. The summed E-state index contributed by atoms with van der Waals surface area (Å²) < 4.78 is 7.41. The zero-order valence-corrected chi connectivity index (χ0v) is 12.2. The summed E-state index contributed by atoms with van der Waals surface area (Å²) in [4.78, 5) is 0. The summed E-state index contributed by atoms with van der Waals surface area (Å²) in [7, 11) is 0. The van der Waals surface area contributed by atoms with Gasteiger partial charge < -0.3 is 10.1 Å². The van der Waals surface area contributed by atoms with Crippen LogP contribution in [0.4, 0.5) is 0 Å². The molecule has 0 unspecified atom stereocenters. The number of hydrogen-bond donors (Lipinski definition) is 1. The van der Waals surface area contributed by atoms with Gasteiger partial charge in [0, 0.05) is 12.1 Å². The van der Waals surface area contributed by atoms with E-state index in [2.05, 4.69) is 37.8 Å². The highest BCUT2D eigenvalue weighted by Crippen LogP contribution is 2.11. The maximum atomic E-state index is 5.56. The molecule has 0 aromatic carbocycles. The smallest absolute Gasteiger partial charge is 0.157 e. The molecule has 0 bridgehead atoms. The minimum absolute atomic E-state index is 0.110. The zero-order chi connectivity index (χ0) is 13.8. The second kappa shape index (κ2) is 6.05. The molecule has 0 amide bonds. The van der Waals surface area contributed by atoms with Crippen molar-refractivity contribution >= 4 is 0 Å². The molecule has 4 heteroatoms. The second-order valence-electron chi connectivity index (χ2n) is 5.89. The Hall–Kier alpha value is -1.29. The van der Waals surface area contributed by atoms with Crippen LogP contribution in [0.1, 0.15) is 34.6 Å². The summed E-state index contributed by atoms with van der Waals surface area (Å²) in [5.41, 5.74) is 1.21. The number of ether oxygens (including phenoxy) is 1. The van der Waals surface area contributed by atoms with E-state index in [1.807, 2.05) is 24.7 Å². The Morgan fingerprint density at radius 3 is 2.72 bits per heavy atom. The van der Waals surface area contributed by atoms with Crippen LogP contribution in [-0.2, 0) is 6.54 Å². The van der Waals surface area contributed by atoms with Gasteiger partial charge in [-0.25, -0.2) is 0 Å². The van der Waals surface area contributed by atoms with Gasteiger partial charge in [-0.3, -0.25) is 4.68 Å². The van der Waals surface area contributed by atoms with Gasteiger partial charge in [-0.15, -0.1) is 0 Å². The topological polar surface area (TPSA) is 39.1 Å². The quantitative estimate of drug-likeness (QED) is 0.790. The van der Waals surface area contributed by atoms with Gasteiger partial charge in [0.15, 0.2) is 5.75 Å². The first-order valence-corrected chi connectivity index (χ1v) is 6.37. The lowest BCUT2D eigenvalue weighted by molar-refractivity contribution is 0.242. The average molecular weight is 251 g/mol. The molecule has 0 aliphatic carbocycles. The fourth-order valence-electron chi connectivity index (χ4n) is 1.44. The van der Waals surface area contributed by atoms with E-state index in [0.29, 0.717) is 6.54 Å². The highest BCUT2D eigenvalue weighted by molar-refractivity contribution is 5.13.